The molecule has 1 aromatic rings. The molecule has 5 nitrogen and oxygen atoms in total. The Kier molecular flexibility index (Phi) is 8.10. The van der Waals surface area contributed by atoms with Crippen LogP contribution in [0.4, 0.5) is 5.69 Å². The van der Waals surface area contributed by atoms with Crippen molar-refractivity contribution in [3.63, 3.8) is 0 Å². The van der Waals surface area contributed by atoms with E-state index in [-0.39, 0.29) is 23.9 Å². The van der Waals surface area contributed by atoms with Crippen LogP contribution >= 0.6 is 0 Å². The van der Waals surface area contributed by atoms with Crippen LogP contribution in [0.25, 0.3) is 0 Å². The molecule has 0 fully saturated rings. The third kappa shape index (κ3) is 7.69. The Hall–Kier alpha value is -1.88. The van der Waals surface area contributed by atoms with Gasteiger partial charge in [-0.25, -0.2) is 0 Å². The molecule has 140 valence electrons. The van der Waals surface area contributed by atoms with Crippen molar-refractivity contribution in [2.45, 2.75) is 59.4 Å². The molecule has 25 heavy (non-hydrogen) atoms. The number of hydrogen-bond acceptors (Lipinski definition) is 2. The van der Waals surface area contributed by atoms with Gasteiger partial charge in [0.05, 0.1) is 6.54 Å². The van der Waals surface area contributed by atoms with E-state index in [9.17, 15) is 9.59 Å². The topological polar surface area (TPSA) is 62.6 Å². The Bertz CT molecular complexity index is 579. The van der Waals surface area contributed by atoms with Gasteiger partial charge >= 0.3 is 0 Å². The second-order valence-electron chi connectivity index (χ2n) is 7.70. The van der Waals surface area contributed by atoms with Crippen molar-refractivity contribution in [3.05, 3.63) is 29.8 Å². The number of benzene rings is 1. The molecular weight excluding hydrogens is 314 g/mol. The van der Waals surface area contributed by atoms with Gasteiger partial charge in [0.15, 0.2) is 13.1 Å². The second-order valence-corrected chi connectivity index (χ2v) is 7.70. The molecule has 0 aliphatic rings. The fraction of sp³-hybridized carbons (Fsp3) is 0.600. The minimum atomic E-state index is -0.257. The van der Waals surface area contributed by atoms with Gasteiger partial charge in [-0.1, -0.05) is 32.0 Å². The van der Waals surface area contributed by atoms with E-state index >= 15 is 0 Å². The van der Waals surface area contributed by atoms with Gasteiger partial charge in [0.1, 0.15) is 0 Å². The van der Waals surface area contributed by atoms with Crippen LogP contribution in [0.3, 0.4) is 0 Å². The number of para-hydroxylation sites is 1. The summed E-state index contributed by atoms with van der Waals surface area (Å²) in [6, 6.07) is 7.93. The molecule has 0 radical (unpaired) electrons. The molecule has 5 heteroatoms. The highest BCUT2D eigenvalue weighted by molar-refractivity contribution is 5.92. The summed E-state index contributed by atoms with van der Waals surface area (Å²) in [6.07, 6.45) is 1.02. The van der Waals surface area contributed by atoms with Crippen LogP contribution in [0.5, 0.6) is 0 Å². The number of quaternary nitrogens is 1. The van der Waals surface area contributed by atoms with E-state index in [0.717, 1.165) is 29.1 Å². The summed E-state index contributed by atoms with van der Waals surface area (Å²) in [5, 5.41) is 5.97. The van der Waals surface area contributed by atoms with E-state index in [2.05, 4.69) is 30.5 Å². The first-order valence-electron chi connectivity index (χ1n) is 9.19. The Morgan fingerprint density at radius 1 is 1.08 bits per heavy atom. The van der Waals surface area contributed by atoms with Crippen molar-refractivity contribution >= 4 is 17.5 Å². The fourth-order valence-electron chi connectivity index (χ4n) is 2.68. The number of hydrogen-bond donors (Lipinski definition) is 3. The molecule has 0 aromatic heterocycles. The van der Waals surface area contributed by atoms with Crippen molar-refractivity contribution < 1.29 is 14.5 Å². The Morgan fingerprint density at radius 3 is 2.24 bits per heavy atom. The molecule has 2 amide bonds. The van der Waals surface area contributed by atoms with Crippen LogP contribution in [0.15, 0.2) is 24.3 Å². The maximum atomic E-state index is 12.4. The molecule has 0 heterocycles. The number of amides is 2. The summed E-state index contributed by atoms with van der Waals surface area (Å²) in [4.78, 5) is 25.5. The summed E-state index contributed by atoms with van der Waals surface area (Å²) >= 11 is 0. The molecule has 0 saturated carbocycles. The van der Waals surface area contributed by atoms with Gasteiger partial charge in [-0.2, -0.15) is 0 Å². The number of anilines is 1. The van der Waals surface area contributed by atoms with Gasteiger partial charge in [-0.15, -0.1) is 0 Å². The molecule has 0 bridgehead atoms. The third-order valence-corrected chi connectivity index (χ3v) is 4.21. The smallest absolute Gasteiger partial charge is 0.279 e. The molecule has 0 aliphatic heterocycles. The maximum absolute atomic E-state index is 12.4. The monoisotopic (exact) mass is 348 g/mol. The van der Waals surface area contributed by atoms with Crippen LogP contribution in [0.1, 0.15) is 59.4 Å². The molecule has 1 aromatic carbocycles. The van der Waals surface area contributed by atoms with Crippen molar-refractivity contribution in [1.29, 1.82) is 0 Å². The van der Waals surface area contributed by atoms with Crippen LogP contribution in [0.2, 0.25) is 0 Å². The van der Waals surface area contributed by atoms with Crippen LogP contribution in [0, 0.1) is 0 Å². The van der Waals surface area contributed by atoms with Gasteiger partial charge < -0.3 is 15.5 Å². The van der Waals surface area contributed by atoms with E-state index in [1.54, 1.807) is 0 Å². The number of nitrogens with one attached hydrogen (secondary N) is 3. The molecule has 1 unspecified atom stereocenters. The zero-order chi connectivity index (χ0) is 19.0. The zero-order valence-electron chi connectivity index (χ0n) is 16.5. The Balaban J connectivity index is 2.67. The van der Waals surface area contributed by atoms with Gasteiger partial charge in [-0.3, -0.25) is 9.59 Å². The van der Waals surface area contributed by atoms with E-state index in [1.807, 2.05) is 45.9 Å². The second kappa shape index (κ2) is 9.56. The predicted molar refractivity (Wildman–Crippen MR) is 103 cm³/mol. The largest absolute Gasteiger partial charge is 0.347 e. The van der Waals surface area contributed by atoms with E-state index < -0.39 is 0 Å². The van der Waals surface area contributed by atoms with Crippen molar-refractivity contribution in [3.8, 4) is 0 Å². The average Bonchev–Trinajstić information content (AvgIpc) is 2.52. The number of carbonyl (C=O) groups excluding carboxylic acids is 2. The summed E-state index contributed by atoms with van der Waals surface area (Å²) in [7, 11) is 0. The predicted octanol–water partition coefficient (Wildman–Crippen LogP) is 1.96. The molecule has 0 spiro atoms. The molecule has 0 saturated heterocycles. The zero-order valence-corrected chi connectivity index (χ0v) is 16.5. The maximum Gasteiger partial charge on any atom is 0.279 e. The number of carbonyl (C=O) groups is 2. The first-order chi connectivity index (χ1) is 11.7. The van der Waals surface area contributed by atoms with Crippen LogP contribution in [-0.4, -0.2) is 37.0 Å². The summed E-state index contributed by atoms with van der Waals surface area (Å²) in [5.74, 6) is 0.303. The lowest BCUT2D eigenvalue weighted by Gasteiger charge is -2.23. The van der Waals surface area contributed by atoms with Crippen LogP contribution < -0.4 is 15.5 Å². The normalized spacial score (nSPS) is 13.8. The van der Waals surface area contributed by atoms with Gasteiger partial charge in [0.25, 0.3) is 11.8 Å². The van der Waals surface area contributed by atoms with Crippen molar-refractivity contribution in [2.75, 3.05) is 25.0 Å². The van der Waals surface area contributed by atoms with E-state index in [0.29, 0.717) is 12.5 Å². The quantitative estimate of drug-likeness (QED) is 0.672. The molecule has 2 atom stereocenters. The van der Waals surface area contributed by atoms with Crippen molar-refractivity contribution in [2.24, 2.45) is 0 Å². The SMILES string of the molecule is CC[C@@H](C)c1ccccc1NC(=O)C[NH+](CC)CC(=O)NC(C)(C)C. The Morgan fingerprint density at radius 2 is 1.68 bits per heavy atom. The highest BCUT2D eigenvalue weighted by Gasteiger charge is 2.21. The highest BCUT2D eigenvalue weighted by Crippen LogP contribution is 2.26. The average molecular weight is 349 g/mol. The van der Waals surface area contributed by atoms with E-state index in [1.165, 1.54) is 0 Å². The van der Waals surface area contributed by atoms with E-state index in [4.69, 9.17) is 0 Å². The molecule has 0 aliphatic carbocycles. The molecular formula is C20H34N3O2+. The lowest BCUT2D eigenvalue weighted by atomic mass is 9.97. The standard InChI is InChI=1S/C20H33N3O2/c1-7-15(3)16-11-9-10-12-17(16)21-18(24)13-23(8-2)14-19(25)22-20(4,5)6/h9-12,15H,7-8,13-14H2,1-6H3,(H,21,24)(H,22,25)/p+1/t15-/m1/s1. The van der Waals surface area contributed by atoms with Gasteiger partial charge in [0.2, 0.25) is 0 Å². The minimum absolute atomic E-state index is 0.0304. The van der Waals surface area contributed by atoms with Crippen molar-refractivity contribution in [1.82, 2.24) is 5.32 Å². The summed E-state index contributed by atoms with van der Waals surface area (Å²) < 4.78 is 0. The minimum Gasteiger partial charge on any atom is -0.347 e. The first-order valence-corrected chi connectivity index (χ1v) is 9.19. The third-order valence-electron chi connectivity index (χ3n) is 4.21. The first kappa shape index (κ1) is 21.2. The highest BCUT2D eigenvalue weighted by atomic mass is 16.2. The number of likely N-dealkylation sites (N-methyl/N-ethyl adjacent to an activating group) is 1. The Labute approximate surface area is 152 Å². The number of rotatable bonds is 8. The van der Waals surface area contributed by atoms with Crippen LogP contribution in [-0.2, 0) is 9.59 Å². The van der Waals surface area contributed by atoms with Gasteiger partial charge in [-0.05, 0) is 51.7 Å². The molecule has 1 rings (SSSR count). The molecule has 3 N–H and O–H groups in total. The fourth-order valence-corrected chi connectivity index (χ4v) is 2.68. The van der Waals surface area contributed by atoms with Gasteiger partial charge in [0, 0.05) is 11.2 Å². The summed E-state index contributed by atoms with van der Waals surface area (Å²) in [6.45, 7) is 13.4. The summed E-state index contributed by atoms with van der Waals surface area (Å²) in [5.41, 5.74) is 1.77. The lowest BCUT2D eigenvalue weighted by Crippen LogP contribution is -3.14. The lowest BCUT2D eigenvalue weighted by molar-refractivity contribution is -0.881.